The summed E-state index contributed by atoms with van der Waals surface area (Å²) in [5.74, 6) is 0.672. The Morgan fingerprint density at radius 2 is 1.38 bits per heavy atom. The average Bonchev–Trinajstić information content (AvgIpc) is 3.43. The van der Waals surface area contributed by atoms with Crippen LogP contribution in [0.15, 0.2) is 114 Å². The molecule has 0 radical (unpaired) electrons. The van der Waals surface area contributed by atoms with Gasteiger partial charge in [-0.05, 0) is 54.8 Å². The summed E-state index contributed by atoms with van der Waals surface area (Å²) >= 11 is 0. The second-order valence-electron chi connectivity index (χ2n) is 10.6. The summed E-state index contributed by atoms with van der Waals surface area (Å²) in [6, 6.07) is 37.4. The molecule has 0 amide bonds. The van der Waals surface area contributed by atoms with E-state index in [9.17, 15) is 0 Å². The number of aromatic nitrogens is 4. The zero-order valence-electron chi connectivity index (χ0n) is 23.3. The minimum Gasteiger partial charge on any atom is -0.452 e. The number of hydrogen-bond donors (Lipinski definition) is 0. The third-order valence-corrected chi connectivity index (χ3v) is 7.89. The summed E-state index contributed by atoms with van der Waals surface area (Å²) in [7, 11) is 0. The van der Waals surface area contributed by atoms with E-state index in [4.69, 9.17) is 24.4 Å². The third kappa shape index (κ3) is 3.93. The Hall–Kier alpha value is -5.42. The SMILES string of the molecule is CCc1cc(-c2cccc(-c3nc(-c4ccccc4)nc4c3oc3ccccc34)c2)c2ccc3ccc(C)nc3c2n1. The Morgan fingerprint density at radius 3 is 2.26 bits per heavy atom. The molecular weight excluding hydrogens is 516 g/mol. The molecule has 0 aliphatic carbocycles. The van der Waals surface area contributed by atoms with Crippen LogP contribution in [0, 0.1) is 6.92 Å². The van der Waals surface area contributed by atoms with Crippen molar-refractivity contribution in [2.24, 2.45) is 0 Å². The van der Waals surface area contributed by atoms with Gasteiger partial charge in [-0.2, -0.15) is 0 Å². The number of hydrogen-bond acceptors (Lipinski definition) is 5. The summed E-state index contributed by atoms with van der Waals surface area (Å²) in [4.78, 5) is 20.0. The van der Waals surface area contributed by atoms with Crippen molar-refractivity contribution in [1.82, 2.24) is 19.9 Å². The monoisotopic (exact) mass is 542 g/mol. The number of pyridine rings is 2. The molecule has 0 aliphatic heterocycles. The van der Waals surface area contributed by atoms with Gasteiger partial charge in [0, 0.05) is 38.7 Å². The Morgan fingerprint density at radius 1 is 0.595 bits per heavy atom. The van der Waals surface area contributed by atoms with E-state index in [-0.39, 0.29) is 0 Å². The molecule has 42 heavy (non-hydrogen) atoms. The Balaban J connectivity index is 1.39. The standard InChI is InChI=1S/C37H26N4O/c1-3-27-21-30(28-19-18-23-17-16-22(2)38-32(23)34(28)39-27)25-12-9-13-26(20-25)33-36-35(29-14-7-8-15-31(29)42-36)41-37(40-33)24-10-5-4-6-11-24/h4-21H,3H2,1-2H3. The maximum absolute atomic E-state index is 6.40. The van der Waals surface area contributed by atoms with Crippen LogP contribution in [0.25, 0.3) is 77.6 Å². The van der Waals surface area contributed by atoms with E-state index in [1.165, 1.54) is 0 Å². The van der Waals surface area contributed by atoms with Crippen molar-refractivity contribution < 1.29 is 4.42 Å². The van der Waals surface area contributed by atoms with Gasteiger partial charge in [0.05, 0.1) is 11.0 Å². The molecule has 0 atom stereocenters. The maximum atomic E-state index is 6.40. The van der Waals surface area contributed by atoms with Crippen LogP contribution in [0.5, 0.6) is 0 Å². The summed E-state index contributed by atoms with van der Waals surface area (Å²) in [6.45, 7) is 4.17. The molecule has 5 heteroatoms. The molecule has 4 heterocycles. The zero-order valence-corrected chi connectivity index (χ0v) is 23.3. The highest BCUT2D eigenvalue weighted by Gasteiger charge is 2.19. The van der Waals surface area contributed by atoms with E-state index in [0.717, 1.165) is 84.0 Å². The number of para-hydroxylation sites is 1. The summed E-state index contributed by atoms with van der Waals surface area (Å²) in [6.07, 6.45) is 0.830. The minimum absolute atomic E-state index is 0.672. The molecule has 0 saturated carbocycles. The lowest BCUT2D eigenvalue weighted by Gasteiger charge is -2.13. The van der Waals surface area contributed by atoms with Crippen molar-refractivity contribution in [2.75, 3.05) is 0 Å². The van der Waals surface area contributed by atoms with E-state index in [0.29, 0.717) is 11.4 Å². The molecule has 0 saturated heterocycles. The van der Waals surface area contributed by atoms with Gasteiger partial charge in [-0.15, -0.1) is 0 Å². The largest absolute Gasteiger partial charge is 0.452 e. The van der Waals surface area contributed by atoms with Gasteiger partial charge in [-0.25, -0.2) is 9.97 Å². The van der Waals surface area contributed by atoms with Gasteiger partial charge in [0.2, 0.25) is 0 Å². The van der Waals surface area contributed by atoms with E-state index in [2.05, 4.69) is 61.5 Å². The molecule has 0 aliphatic rings. The van der Waals surface area contributed by atoms with Crippen LogP contribution in [-0.2, 0) is 6.42 Å². The fraction of sp³-hybridized carbons (Fsp3) is 0.0811. The lowest BCUT2D eigenvalue weighted by atomic mass is 9.96. The lowest BCUT2D eigenvalue weighted by Crippen LogP contribution is -1.96. The second kappa shape index (κ2) is 9.60. The predicted molar refractivity (Wildman–Crippen MR) is 170 cm³/mol. The molecule has 0 N–H and O–H groups in total. The van der Waals surface area contributed by atoms with Gasteiger partial charge >= 0.3 is 0 Å². The Kier molecular flexibility index (Phi) is 5.57. The summed E-state index contributed by atoms with van der Waals surface area (Å²) in [5, 5.41) is 3.15. The molecule has 200 valence electrons. The number of nitrogens with zero attached hydrogens (tertiary/aromatic N) is 4. The Bertz CT molecular complexity index is 2300. The van der Waals surface area contributed by atoms with Crippen LogP contribution in [0.2, 0.25) is 0 Å². The van der Waals surface area contributed by atoms with Gasteiger partial charge in [0.25, 0.3) is 0 Å². The number of aryl methyl sites for hydroxylation is 2. The van der Waals surface area contributed by atoms with Crippen LogP contribution in [0.4, 0.5) is 0 Å². The number of furan rings is 1. The zero-order chi connectivity index (χ0) is 28.2. The van der Waals surface area contributed by atoms with E-state index < -0.39 is 0 Å². The fourth-order valence-corrected chi connectivity index (χ4v) is 5.78. The highest BCUT2D eigenvalue weighted by molar-refractivity contribution is 6.09. The van der Waals surface area contributed by atoms with Gasteiger partial charge in [0.15, 0.2) is 11.4 Å². The minimum atomic E-state index is 0.672. The molecule has 4 aromatic carbocycles. The smallest absolute Gasteiger partial charge is 0.180 e. The first-order chi connectivity index (χ1) is 20.7. The van der Waals surface area contributed by atoms with Gasteiger partial charge < -0.3 is 4.42 Å². The number of benzene rings is 4. The van der Waals surface area contributed by atoms with E-state index >= 15 is 0 Å². The van der Waals surface area contributed by atoms with Gasteiger partial charge in [0.1, 0.15) is 16.8 Å². The number of fused-ring (bicyclic) bond motifs is 6. The van der Waals surface area contributed by atoms with E-state index in [1.807, 2.05) is 61.5 Å². The quantitative estimate of drug-likeness (QED) is 0.207. The van der Waals surface area contributed by atoms with Crippen LogP contribution in [-0.4, -0.2) is 19.9 Å². The van der Waals surface area contributed by atoms with Crippen molar-refractivity contribution >= 4 is 43.9 Å². The molecule has 0 spiro atoms. The third-order valence-electron chi connectivity index (χ3n) is 7.89. The molecule has 0 fully saturated rings. The van der Waals surface area contributed by atoms with Gasteiger partial charge in [-0.3, -0.25) is 9.97 Å². The first kappa shape index (κ1) is 24.4. The fourth-order valence-electron chi connectivity index (χ4n) is 5.78. The van der Waals surface area contributed by atoms with Crippen LogP contribution < -0.4 is 0 Å². The molecule has 8 aromatic rings. The maximum Gasteiger partial charge on any atom is 0.180 e. The topological polar surface area (TPSA) is 64.7 Å². The molecule has 0 unspecified atom stereocenters. The normalized spacial score (nSPS) is 11.7. The van der Waals surface area contributed by atoms with Gasteiger partial charge in [-0.1, -0.05) is 85.8 Å². The predicted octanol–water partition coefficient (Wildman–Crippen LogP) is 9.34. The molecule has 8 rings (SSSR count). The molecule has 4 aromatic heterocycles. The average molecular weight is 543 g/mol. The highest BCUT2D eigenvalue weighted by atomic mass is 16.3. The van der Waals surface area contributed by atoms with Crippen molar-refractivity contribution in [3.8, 4) is 33.8 Å². The summed E-state index contributed by atoms with van der Waals surface area (Å²) in [5.41, 5.74) is 11.1. The summed E-state index contributed by atoms with van der Waals surface area (Å²) < 4.78 is 6.40. The first-order valence-corrected chi connectivity index (χ1v) is 14.2. The van der Waals surface area contributed by atoms with Crippen molar-refractivity contribution in [1.29, 1.82) is 0 Å². The van der Waals surface area contributed by atoms with Crippen LogP contribution in [0.3, 0.4) is 0 Å². The van der Waals surface area contributed by atoms with Crippen molar-refractivity contribution in [2.45, 2.75) is 20.3 Å². The van der Waals surface area contributed by atoms with Crippen LogP contribution in [0.1, 0.15) is 18.3 Å². The second-order valence-corrected chi connectivity index (χ2v) is 10.6. The number of rotatable bonds is 4. The molecular formula is C37H26N4O. The van der Waals surface area contributed by atoms with Crippen LogP contribution >= 0.6 is 0 Å². The lowest BCUT2D eigenvalue weighted by molar-refractivity contribution is 0.667. The highest BCUT2D eigenvalue weighted by Crippen LogP contribution is 2.38. The van der Waals surface area contributed by atoms with E-state index in [1.54, 1.807) is 0 Å². The van der Waals surface area contributed by atoms with Crippen molar-refractivity contribution in [3.63, 3.8) is 0 Å². The molecule has 0 bridgehead atoms. The Labute approximate surface area is 242 Å². The molecule has 5 nitrogen and oxygen atoms in total. The van der Waals surface area contributed by atoms with Crippen molar-refractivity contribution in [3.05, 3.63) is 121 Å². The first-order valence-electron chi connectivity index (χ1n) is 14.2.